The van der Waals surface area contributed by atoms with Crippen molar-refractivity contribution in [3.05, 3.63) is 29.8 Å². The number of carbonyl (C=O) groups is 4. The fourth-order valence-electron chi connectivity index (χ4n) is 3.69. The molecule has 8 N–H and O–H groups in total. The maximum atomic E-state index is 12.8. The molecule has 0 saturated heterocycles. The van der Waals surface area contributed by atoms with Crippen molar-refractivity contribution in [1.82, 2.24) is 10.6 Å². The third-order valence-electron chi connectivity index (χ3n) is 5.31. The number of guanidine groups is 1. The van der Waals surface area contributed by atoms with Crippen LogP contribution in [0.2, 0.25) is 0 Å². The smallest absolute Gasteiger partial charge is 0.484 e. The fourth-order valence-corrected chi connectivity index (χ4v) is 3.69. The number of ether oxygens (including phenoxy) is 2. The lowest BCUT2D eigenvalue weighted by atomic mass is 9.91. The molecule has 1 aliphatic rings. The Bertz CT molecular complexity index is 924. The zero-order valence-corrected chi connectivity index (χ0v) is 19.2. The second kappa shape index (κ2) is 13.0. The Morgan fingerprint density at radius 2 is 1.71 bits per heavy atom. The summed E-state index contributed by atoms with van der Waals surface area (Å²) in [4.78, 5) is 51.4. The maximum absolute atomic E-state index is 12.8. The number of carboxylic acid groups (broad SMARTS) is 2. The Labute approximate surface area is 201 Å². The molecule has 2 rings (SSSR count). The average Bonchev–Trinajstić information content (AvgIpc) is 2.77. The van der Waals surface area contributed by atoms with E-state index in [1.54, 1.807) is 24.3 Å². The van der Waals surface area contributed by atoms with Crippen LogP contribution in [0.5, 0.6) is 5.75 Å². The zero-order valence-electron chi connectivity index (χ0n) is 19.2. The van der Waals surface area contributed by atoms with E-state index in [0.717, 1.165) is 12.0 Å². The normalized spacial score (nSPS) is 15.2. The van der Waals surface area contributed by atoms with Gasteiger partial charge >= 0.3 is 12.1 Å². The molecule has 13 heteroatoms. The molecular weight excluding hydrogens is 462 g/mol. The van der Waals surface area contributed by atoms with Crippen LogP contribution in [0.25, 0.3) is 0 Å². The number of aliphatic carboxylic acids is 1. The number of aliphatic imine (C=N–C) groups is 1. The average molecular weight is 494 g/mol. The highest BCUT2D eigenvalue weighted by Gasteiger charge is 2.39. The predicted octanol–water partition coefficient (Wildman–Crippen LogP) is 0.312. The third-order valence-corrected chi connectivity index (χ3v) is 5.31. The fraction of sp³-hybridized carbons (Fsp3) is 0.500. The van der Waals surface area contributed by atoms with Crippen molar-refractivity contribution in [2.24, 2.45) is 16.5 Å². The van der Waals surface area contributed by atoms with Crippen LogP contribution in [0, 0.1) is 0 Å². The minimum absolute atomic E-state index is 0.00849. The van der Waals surface area contributed by atoms with Crippen molar-refractivity contribution in [1.29, 1.82) is 0 Å². The van der Waals surface area contributed by atoms with Gasteiger partial charge in [-0.05, 0) is 37.0 Å². The lowest BCUT2D eigenvalue weighted by Gasteiger charge is -2.37. The molecule has 13 nitrogen and oxygen atoms in total. The van der Waals surface area contributed by atoms with E-state index in [0.29, 0.717) is 31.6 Å². The van der Waals surface area contributed by atoms with Crippen molar-refractivity contribution >= 4 is 29.9 Å². The predicted molar refractivity (Wildman–Crippen MR) is 124 cm³/mol. The number of carbonyl (C=O) groups excluding carboxylic acids is 2. The highest BCUT2D eigenvalue weighted by atomic mass is 16.7. The second-order valence-corrected chi connectivity index (χ2v) is 8.12. The summed E-state index contributed by atoms with van der Waals surface area (Å²) in [6.45, 7) is -0.0374. The zero-order chi connectivity index (χ0) is 25.8. The van der Waals surface area contributed by atoms with E-state index in [9.17, 15) is 24.3 Å². The minimum atomic E-state index is -1.55. The van der Waals surface area contributed by atoms with Crippen molar-refractivity contribution in [2.75, 3.05) is 13.2 Å². The quantitative estimate of drug-likeness (QED) is 0.101. The summed E-state index contributed by atoms with van der Waals surface area (Å²) in [6.07, 6.45) is 0.970. The highest BCUT2D eigenvalue weighted by molar-refractivity contribution is 5.91. The summed E-state index contributed by atoms with van der Waals surface area (Å²) in [7, 11) is 0. The molecule has 0 radical (unpaired) electrons. The second-order valence-electron chi connectivity index (χ2n) is 8.12. The van der Waals surface area contributed by atoms with E-state index in [-0.39, 0.29) is 18.8 Å². The van der Waals surface area contributed by atoms with Gasteiger partial charge in [-0.3, -0.25) is 19.4 Å². The van der Waals surface area contributed by atoms with E-state index in [1.807, 2.05) is 0 Å². The molecule has 1 aromatic rings. The molecule has 2 amide bonds. The molecule has 1 saturated carbocycles. The van der Waals surface area contributed by atoms with E-state index < -0.39 is 48.7 Å². The Morgan fingerprint density at radius 3 is 2.29 bits per heavy atom. The number of hydrogen-bond donors (Lipinski definition) is 6. The van der Waals surface area contributed by atoms with Gasteiger partial charge in [-0.25, -0.2) is 4.79 Å². The van der Waals surface area contributed by atoms with E-state index >= 15 is 0 Å². The number of hydrogen-bond acceptors (Lipinski definition) is 7. The Kier molecular flexibility index (Phi) is 10.1. The Balaban J connectivity index is 1.94. The molecule has 1 aliphatic carbocycles. The summed E-state index contributed by atoms with van der Waals surface area (Å²) in [6, 6.07) is 5.41. The number of nitrogens with zero attached hydrogens (tertiary/aromatic N) is 1. The maximum Gasteiger partial charge on any atom is 0.507 e. The number of carboxylic acids is 1. The van der Waals surface area contributed by atoms with E-state index in [2.05, 4.69) is 15.6 Å². The first-order valence-corrected chi connectivity index (χ1v) is 11.1. The molecule has 1 aromatic carbocycles. The van der Waals surface area contributed by atoms with Crippen molar-refractivity contribution in [3.8, 4) is 5.75 Å². The van der Waals surface area contributed by atoms with Gasteiger partial charge < -0.3 is 41.8 Å². The molecule has 35 heavy (non-hydrogen) atoms. The molecule has 0 unspecified atom stereocenters. The number of amides is 2. The molecule has 1 fully saturated rings. The van der Waals surface area contributed by atoms with Gasteiger partial charge in [0.15, 0.2) is 18.3 Å². The first-order valence-electron chi connectivity index (χ1n) is 11.1. The van der Waals surface area contributed by atoms with E-state index in [1.165, 1.54) is 0 Å². The van der Waals surface area contributed by atoms with Crippen LogP contribution < -0.4 is 26.8 Å². The highest BCUT2D eigenvalue weighted by Crippen LogP contribution is 2.29. The van der Waals surface area contributed by atoms with Crippen LogP contribution in [0.1, 0.15) is 44.1 Å². The number of benzene rings is 1. The van der Waals surface area contributed by atoms with Crippen LogP contribution in [0.3, 0.4) is 0 Å². The molecular formula is C22H31N5O8. The SMILES string of the molecule is NC(N)=NCCc1ccc(OCC(=O)N[C@@H](CC(=O)O)C(=O)NC2(OC(=O)O)CCCCC2)cc1. The minimum Gasteiger partial charge on any atom is -0.484 e. The van der Waals surface area contributed by atoms with Crippen LogP contribution >= 0.6 is 0 Å². The number of nitrogens with two attached hydrogens (primary N) is 2. The number of rotatable bonds is 12. The summed E-state index contributed by atoms with van der Waals surface area (Å²) in [5.41, 5.74) is 10.1. The molecule has 1 atom stereocenters. The van der Waals surface area contributed by atoms with Crippen molar-refractivity contribution in [3.63, 3.8) is 0 Å². The van der Waals surface area contributed by atoms with Crippen molar-refractivity contribution in [2.45, 2.75) is 56.7 Å². The summed E-state index contributed by atoms with van der Waals surface area (Å²) < 4.78 is 10.4. The van der Waals surface area contributed by atoms with Crippen LogP contribution in [-0.4, -0.2) is 65.0 Å². The standard InChI is InChI=1S/C22H31N5O8/c23-20(24)25-11-8-14-4-6-15(7-5-14)34-13-17(28)26-16(12-18(29)30)19(31)27-22(35-21(32)33)9-2-1-3-10-22/h4-7,16H,1-3,8-13H2,(H,26,28)(H,27,31)(H,29,30)(H,32,33)(H4,23,24,25)/t16-/m0/s1. The van der Waals surface area contributed by atoms with Gasteiger partial charge in [0.1, 0.15) is 11.8 Å². The van der Waals surface area contributed by atoms with Gasteiger partial charge in [0.25, 0.3) is 5.91 Å². The van der Waals surface area contributed by atoms with Gasteiger partial charge in [0, 0.05) is 19.4 Å². The Hall–Kier alpha value is -4.03. The van der Waals surface area contributed by atoms with Crippen LogP contribution in [0.15, 0.2) is 29.3 Å². The molecule has 0 heterocycles. The van der Waals surface area contributed by atoms with Gasteiger partial charge in [-0.2, -0.15) is 0 Å². The van der Waals surface area contributed by atoms with Crippen LogP contribution in [-0.2, 0) is 25.5 Å². The topological polar surface area (TPSA) is 216 Å². The van der Waals surface area contributed by atoms with Gasteiger partial charge in [-0.15, -0.1) is 0 Å². The lowest BCUT2D eigenvalue weighted by Crippen LogP contribution is -2.58. The molecule has 0 aliphatic heterocycles. The third kappa shape index (κ3) is 9.78. The van der Waals surface area contributed by atoms with Crippen molar-refractivity contribution < 1.29 is 38.9 Å². The monoisotopic (exact) mass is 493 g/mol. The van der Waals surface area contributed by atoms with Gasteiger partial charge in [0.05, 0.1) is 6.42 Å². The molecule has 0 spiro atoms. The summed E-state index contributed by atoms with van der Waals surface area (Å²) in [5, 5.41) is 23.1. The van der Waals surface area contributed by atoms with E-state index in [4.69, 9.17) is 26.0 Å². The van der Waals surface area contributed by atoms with Gasteiger partial charge in [-0.1, -0.05) is 18.6 Å². The van der Waals surface area contributed by atoms with Crippen LogP contribution in [0.4, 0.5) is 4.79 Å². The number of nitrogens with one attached hydrogen (secondary N) is 2. The van der Waals surface area contributed by atoms with Gasteiger partial charge in [0.2, 0.25) is 5.91 Å². The summed E-state index contributed by atoms with van der Waals surface area (Å²) >= 11 is 0. The molecule has 0 aromatic heterocycles. The Morgan fingerprint density at radius 1 is 1.06 bits per heavy atom. The molecule has 192 valence electrons. The first kappa shape index (κ1) is 27.2. The largest absolute Gasteiger partial charge is 0.507 e. The lowest BCUT2D eigenvalue weighted by molar-refractivity contribution is -0.144. The molecule has 0 bridgehead atoms. The summed E-state index contributed by atoms with van der Waals surface area (Å²) in [5.74, 6) is -2.50. The first-order chi connectivity index (χ1) is 16.6.